The second kappa shape index (κ2) is 9.46. The molecule has 3 N–H and O–H groups in total. The number of furan rings is 1. The van der Waals surface area contributed by atoms with E-state index >= 15 is 0 Å². The minimum absolute atomic E-state index is 0.0137. The van der Waals surface area contributed by atoms with Crippen LogP contribution >= 0.6 is 0 Å². The van der Waals surface area contributed by atoms with Crippen molar-refractivity contribution in [1.29, 1.82) is 0 Å². The summed E-state index contributed by atoms with van der Waals surface area (Å²) in [4.78, 5) is 1.53. The van der Waals surface area contributed by atoms with Crippen LogP contribution in [0.25, 0.3) is 0 Å². The maximum absolute atomic E-state index is 6.03. The summed E-state index contributed by atoms with van der Waals surface area (Å²) >= 11 is 0. The van der Waals surface area contributed by atoms with Gasteiger partial charge in [0.1, 0.15) is 5.76 Å². The minimum Gasteiger partial charge on any atom is -0.469 e. The van der Waals surface area contributed by atoms with Gasteiger partial charge in [0.2, 0.25) is 0 Å². The van der Waals surface area contributed by atoms with E-state index in [1.807, 2.05) is 6.07 Å². The van der Waals surface area contributed by atoms with Crippen molar-refractivity contribution in [3.8, 4) is 0 Å². The van der Waals surface area contributed by atoms with E-state index in [9.17, 15) is 0 Å². The van der Waals surface area contributed by atoms with Gasteiger partial charge in [-0.15, -0.1) is 0 Å². The number of rotatable bonds is 9. The Morgan fingerprint density at radius 2 is 1.90 bits per heavy atom. The molecule has 1 saturated heterocycles. The van der Waals surface area contributed by atoms with Crippen LogP contribution in [-0.2, 0) is 4.74 Å². The number of nitrogens with one attached hydrogen (secondary N) is 1. The topological polar surface area (TPSA) is 43.4 Å². The largest absolute Gasteiger partial charge is 0.469 e. The van der Waals surface area contributed by atoms with Gasteiger partial charge in [-0.05, 0) is 51.3 Å². The first-order valence-corrected chi connectivity index (χ1v) is 11.1. The van der Waals surface area contributed by atoms with E-state index in [0.29, 0.717) is 11.3 Å². The number of aryl methyl sites for hydroxylation is 1. The fourth-order valence-corrected chi connectivity index (χ4v) is 5.19. The van der Waals surface area contributed by atoms with E-state index in [4.69, 9.17) is 9.15 Å². The molecule has 0 unspecified atom stereocenters. The molecule has 2 aromatic rings. The van der Waals surface area contributed by atoms with Crippen molar-refractivity contribution in [1.82, 2.24) is 0 Å². The van der Waals surface area contributed by atoms with Crippen molar-refractivity contribution in [3.05, 3.63) is 59.5 Å². The van der Waals surface area contributed by atoms with Gasteiger partial charge in [0, 0.05) is 18.9 Å². The van der Waals surface area contributed by atoms with E-state index in [-0.39, 0.29) is 5.60 Å². The summed E-state index contributed by atoms with van der Waals surface area (Å²) in [6.45, 7) is 11.0. The van der Waals surface area contributed by atoms with Crippen LogP contribution in [0.1, 0.15) is 55.9 Å². The maximum atomic E-state index is 6.03. The third-order valence-electron chi connectivity index (χ3n) is 6.26. The first kappa shape index (κ1) is 22.1. The highest BCUT2D eigenvalue weighted by Gasteiger charge is 2.44. The Balaban J connectivity index is 1.63. The van der Waals surface area contributed by atoms with Crippen molar-refractivity contribution in [3.63, 3.8) is 0 Å². The first-order chi connectivity index (χ1) is 13.8. The summed E-state index contributed by atoms with van der Waals surface area (Å²) in [7, 11) is 4.54. The lowest BCUT2D eigenvalue weighted by molar-refractivity contribution is -0.870. The average molecular weight is 401 g/mol. The van der Waals surface area contributed by atoms with E-state index in [0.717, 1.165) is 38.2 Å². The highest BCUT2D eigenvalue weighted by molar-refractivity contribution is 5.29. The molecule has 4 heteroatoms. The quantitative estimate of drug-likeness (QED) is 0.635. The van der Waals surface area contributed by atoms with Gasteiger partial charge in [-0.3, -0.25) is 0 Å². The Hall–Kier alpha value is -1.62. The molecule has 1 fully saturated rings. The fourth-order valence-electron chi connectivity index (χ4n) is 5.19. The SMILES string of the molecule is Cc1ccc([C@@H](CC[NH2+]C[C@]2(C[NH+](C)C)CCOC(C)(C)C2)c2ccco2)cc1. The maximum Gasteiger partial charge on any atom is 0.111 e. The predicted octanol–water partition coefficient (Wildman–Crippen LogP) is 2.39. The van der Waals surface area contributed by atoms with Gasteiger partial charge in [0.15, 0.2) is 0 Å². The molecule has 1 aliphatic rings. The molecule has 0 spiro atoms. The lowest BCUT2D eigenvalue weighted by Crippen LogP contribution is -3.08. The van der Waals surface area contributed by atoms with Gasteiger partial charge in [0.25, 0.3) is 0 Å². The monoisotopic (exact) mass is 400 g/mol. The smallest absolute Gasteiger partial charge is 0.111 e. The lowest BCUT2D eigenvalue weighted by atomic mass is 9.73. The molecular formula is C25H40N2O2+2. The van der Waals surface area contributed by atoms with Crippen molar-refractivity contribution >= 4 is 0 Å². The van der Waals surface area contributed by atoms with E-state index in [2.05, 4.69) is 70.5 Å². The van der Waals surface area contributed by atoms with Crippen LogP contribution in [0, 0.1) is 12.3 Å². The highest BCUT2D eigenvalue weighted by atomic mass is 16.5. The van der Waals surface area contributed by atoms with Crippen LogP contribution in [0.3, 0.4) is 0 Å². The predicted molar refractivity (Wildman–Crippen MR) is 117 cm³/mol. The van der Waals surface area contributed by atoms with Crippen LogP contribution in [0.2, 0.25) is 0 Å². The number of nitrogens with two attached hydrogens (primary N) is 1. The third-order valence-corrected chi connectivity index (χ3v) is 6.26. The summed E-state index contributed by atoms with van der Waals surface area (Å²) in [6.07, 6.45) is 5.18. The minimum atomic E-state index is -0.0137. The molecule has 0 bridgehead atoms. The van der Waals surface area contributed by atoms with E-state index in [1.54, 1.807) is 6.26 Å². The summed E-state index contributed by atoms with van der Waals surface area (Å²) in [5.41, 5.74) is 2.98. The van der Waals surface area contributed by atoms with Crippen LogP contribution in [0.5, 0.6) is 0 Å². The molecule has 0 aliphatic carbocycles. The Labute approximate surface area is 176 Å². The molecule has 0 saturated carbocycles. The molecule has 1 aromatic carbocycles. The number of ether oxygens (including phenoxy) is 1. The van der Waals surface area contributed by atoms with E-state index < -0.39 is 0 Å². The first-order valence-electron chi connectivity index (χ1n) is 11.1. The highest BCUT2D eigenvalue weighted by Crippen LogP contribution is 2.37. The van der Waals surface area contributed by atoms with Gasteiger partial charge < -0.3 is 19.4 Å². The molecule has 0 amide bonds. The van der Waals surface area contributed by atoms with Gasteiger partial charge in [-0.2, -0.15) is 0 Å². The number of hydrogen-bond acceptors (Lipinski definition) is 2. The van der Waals surface area contributed by atoms with Gasteiger partial charge in [0.05, 0.1) is 51.0 Å². The molecule has 1 aromatic heterocycles. The van der Waals surface area contributed by atoms with Crippen LogP contribution < -0.4 is 10.2 Å². The van der Waals surface area contributed by atoms with Crippen molar-refractivity contribution in [2.75, 3.05) is 40.3 Å². The Morgan fingerprint density at radius 1 is 1.14 bits per heavy atom. The molecule has 0 radical (unpaired) electrons. The summed E-state index contributed by atoms with van der Waals surface area (Å²) in [5, 5.41) is 2.54. The van der Waals surface area contributed by atoms with Gasteiger partial charge >= 0.3 is 0 Å². The number of hydrogen-bond donors (Lipinski definition) is 2. The van der Waals surface area contributed by atoms with Gasteiger partial charge in [-0.1, -0.05) is 29.8 Å². The zero-order valence-electron chi connectivity index (χ0n) is 19.0. The van der Waals surface area contributed by atoms with Crippen molar-refractivity contribution in [2.45, 2.75) is 51.6 Å². The molecule has 2 heterocycles. The average Bonchev–Trinajstić information content (AvgIpc) is 3.15. The molecule has 1 aliphatic heterocycles. The molecule has 160 valence electrons. The molecular weight excluding hydrogens is 360 g/mol. The second-order valence-corrected chi connectivity index (χ2v) is 9.97. The molecule has 2 atom stereocenters. The molecule has 3 rings (SSSR count). The number of quaternary nitrogens is 2. The van der Waals surface area contributed by atoms with Crippen LogP contribution in [-0.4, -0.2) is 45.9 Å². The van der Waals surface area contributed by atoms with Crippen LogP contribution in [0.15, 0.2) is 47.1 Å². The molecule has 4 nitrogen and oxygen atoms in total. The lowest BCUT2D eigenvalue weighted by Gasteiger charge is -2.43. The summed E-state index contributed by atoms with van der Waals surface area (Å²) < 4.78 is 11.8. The normalized spacial score (nSPS) is 22.7. The summed E-state index contributed by atoms with van der Waals surface area (Å²) in [6, 6.07) is 13.0. The van der Waals surface area contributed by atoms with E-state index in [1.165, 1.54) is 29.1 Å². The summed E-state index contributed by atoms with van der Waals surface area (Å²) in [5.74, 6) is 1.39. The third kappa shape index (κ3) is 6.18. The van der Waals surface area contributed by atoms with Gasteiger partial charge in [-0.25, -0.2) is 0 Å². The molecule has 29 heavy (non-hydrogen) atoms. The standard InChI is InChI=1S/C25H38N2O2/c1-20-8-10-21(11-9-20)22(23-7-6-15-28-23)12-14-26-18-25(19-27(4)5)13-16-29-24(2,3)17-25/h6-11,15,22,26H,12-14,16-19H2,1-5H3/p+2/t22-,25+/m1/s1. The Bertz CT molecular complexity index is 737. The van der Waals surface area contributed by atoms with Crippen molar-refractivity contribution in [2.24, 2.45) is 5.41 Å². The number of benzene rings is 1. The zero-order valence-corrected chi connectivity index (χ0v) is 19.0. The Morgan fingerprint density at radius 3 is 2.52 bits per heavy atom. The van der Waals surface area contributed by atoms with Crippen molar-refractivity contribution < 1.29 is 19.4 Å². The Kier molecular flexibility index (Phi) is 7.20. The van der Waals surface area contributed by atoms with Crippen LogP contribution in [0.4, 0.5) is 0 Å². The zero-order chi connectivity index (χ0) is 20.9. The second-order valence-electron chi connectivity index (χ2n) is 9.97. The fraction of sp³-hybridized carbons (Fsp3) is 0.600.